The van der Waals surface area contributed by atoms with Gasteiger partial charge in [-0.1, -0.05) is 23.7 Å². The summed E-state index contributed by atoms with van der Waals surface area (Å²) in [6.45, 7) is 0.516. The van der Waals surface area contributed by atoms with E-state index in [0.29, 0.717) is 16.4 Å². The maximum Gasteiger partial charge on any atom is 0.337 e. The topological polar surface area (TPSA) is 46.6 Å². The van der Waals surface area contributed by atoms with E-state index in [1.165, 1.54) is 24.5 Å². The normalized spacial score (nSPS) is 10.7. The number of likely N-dealkylation sites (N-methyl/N-ethyl adjacent to an activating group) is 1. The smallest absolute Gasteiger partial charge is 0.337 e. The summed E-state index contributed by atoms with van der Waals surface area (Å²) in [4.78, 5) is 26.1. The fourth-order valence-corrected chi connectivity index (χ4v) is 3.03. The number of nitrogens with zero attached hydrogens (tertiary/aromatic N) is 1. The summed E-state index contributed by atoms with van der Waals surface area (Å²) in [6, 6.07) is 10.6. The average Bonchev–Trinajstić information content (AvgIpc) is 2.97. The molecular weight excluding hydrogens is 334 g/mol. The predicted octanol–water partition coefficient (Wildman–Crippen LogP) is 3.86. The van der Waals surface area contributed by atoms with Crippen molar-refractivity contribution >= 4 is 40.9 Å². The number of carbonyl (C=O) groups is 2. The molecule has 0 N–H and O–H groups in total. The summed E-state index contributed by atoms with van der Waals surface area (Å²) in [5.41, 5.74) is 1.31. The van der Waals surface area contributed by atoms with Crippen LogP contribution in [-0.2, 0) is 16.1 Å². The van der Waals surface area contributed by atoms with Crippen molar-refractivity contribution in [2.24, 2.45) is 0 Å². The van der Waals surface area contributed by atoms with Gasteiger partial charge in [-0.2, -0.15) is 0 Å². The largest absolute Gasteiger partial charge is 0.465 e. The highest BCUT2D eigenvalue weighted by Gasteiger charge is 2.08. The first-order chi connectivity index (χ1) is 11.0. The van der Waals surface area contributed by atoms with Crippen LogP contribution in [-0.4, -0.2) is 30.9 Å². The first kappa shape index (κ1) is 17.2. The van der Waals surface area contributed by atoms with Gasteiger partial charge in [0.05, 0.1) is 23.6 Å². The molecule has 0 saturated carbocycles. The molecule has 1 aromatic heterocycles. The second-order valence-corrected chi connectivity index (χ2v) is 6.65. The van der Waals surface area contributed by atoms with E-state index in [1.54, 1.807) is 42.3 Å². The zero-order valence-electron chi connectivity index (χ0n) is 12.8. The lowest BCUT2D eigenvalue weighted by atomic mass is 10.1. The minimum atomic E-state index is -0.383. The maximum atomic E-state index is 12.1. The first-order valence-corrected chi connectivity index (χ1v) is 8.05. The Morgan fingerprint density at radius 3 is 2.48 bits per heavy atom. The van der Waals surface area contributed by atoms with Crippen molar-refractivity contribution in [3.05, 3.63) is 62.8 Å². The molecule has 2 aromatic rings. The van der Waals surface area contributed by atoms with E-state index >= 15 is 0 Å². The van der Waals surface area contributed by atoms with Gasteiger partial charge >= 0.3 is 5.97 Å². The van der Waals surface area contributed by atoms with Crippen LogP contribution in [0, 0.1) is 0 Å². The van der Waals surface area contributed by atoms with E-state index in [-0.39, 0.29) is 11.9 Å². The Morgan fingerprint density at radius 2 is 1.91 bits per heavy atom. The van der Waals surface area contributed by atoms with Crippen LogP contribution in [0.1, 0.15) is 20.8 Å². The van der Waals surface area contributed by atoms with Crippen molar-refractivity contribution in [2.45, 2.75) is 6.54 Å². The van der Waals surface area contributed by atoms with Crippen molar-refractivity contribution in [1.82, 2.24) is 4.90 Å². The Morgan fingerprint density at radius 1 is 1.22 bits per heavy atom. The Hall–Kier alpha value is -2.11. The number of rotatable bonds is 5. The quantitative estimate of drug-likeness (QED) is 0.608. The fraction of sp³-hybridized carbons (Fsp3) is 0.176. The van der Waals surface area contributed by atoms with E-state index < -0.39 is 0 Å². The molecule has 6 heteroatoms. The number of esters is 1. The van der Waals surface area contributed by atoms with Gasteiger partial charge in [0, 0.05) is 18.0 Å². The molecule has 0 bridgehead atoms. The molecule has 0 unspecified atom stereocenters. The van der Waals surface area contributed by atoms with Crippen LogP contribution in [0.3, 0.4) is 0 Å². The van der Waals surface area contributed by atoms with Crippen LogP contribution in [0.5, 0.6) is 0 Å². The molecule has 23 heavy (non-hydrogen) atoms. The minimum absolute atomic E-state index is 0.105. The summed E-state index contributed by atoms with van der Waals surface area (Å²) < 4.78 is 5.35. The van der Waals surface area contributed by atoms with Crippen molar-refractivity contribution in [2.75, 3.05) is 14.2 Å². The summed E-state index contributed by atoms with van der Waals surface area (Å²) in [6.07, 6.45) is 3.21. The Kier molecular flexibility index (Phi) is 5.96. The van der Waals surface area contributed by atoms with Gasteiger partial charge in [0.25, 0.3) is 0 Å². The van der Waals surface area contributed by atoms with Crippen molar-refractivity contribution < 1.29 is 14.3 Å². The molecule has 0 atom stereocenters. The molecule has 2 rings (SSSR count). The molecule has 0 aliphatic carbocycles. The molecule has 0 aliphatic rings. The zero-order chi connectivity index (χ0) is 16.8. The lowest BCUT2D eigenvalue weighted by Crippen LogP contribution is -2.23. The van der Waals surface area contributed by atoms with Gasteiger partial charge in [-0.25, -0.2) is 4.79 Å². The first-order valence-electron chi connectivity index (χ1n) is 6.85. The highest BCUT2D eigenvalue weighted by molar-refractivity contribution is 7.16. The molecule has 1 aromatic carbocycles. The lowest BCUT2D eigenvalue weighted by Gasteiger charge is -2.13. The second-order valence-electron chi connectivity index (χ2n) is 4.85. The third-order valence-corrected chi connectivity index (χ3v) is 4.36. The summed E-state index contributed by atoms with van der Waals surface area (Å²) >= 11 is 7.34. The molecule has 1 heterocycles. The molecule has 0 fully saturated rings. The van der Waals surface area contributed by atoms with E-state index in [9.17, 15) is 9.59 Å². The highest BCUT2D eigenvalue weighted by atomic mass is 35.5. The number of benzene rings is 1. The highest BCUT2D eigenvalue weighted by Crippen LogP contribution is 2.22. The number of hydrogen-bond donors (Lipinski definition) is 0. The monoisotopic (exact) mass is 349 g/mol. The van der Waals surface area contributed by atoms with Crippen LogP contribution in [0.2, 0.25) is 4.34 Å². The number of carbonyl (C=O) groups excluding carboxylic acids is 2. The van der Waals surface area contributed by atoms with E-state index in [1.807, 2.05) is 12.1 Å². The molecule has 0 spiro atoms. The molecule has 1 amide bonds. The Labute approximate surface area is 143 Å². The van der Waals surface area contributed by atoms with Crippen LogP contribution in [0.15, 0.2) is 42.5 Å². The summed E-state index contributed by atoms with van der Waals surface area (Å²) in [5, 5.41) is 0. The number of ether oxygens (including phenoxy) is 1. The molecular formula is C17H16ClNO3S. The third kappa shape index (κ3) is 4.94. The van der Waals surface area contributed by atoms with Gasteiger partial charge in [0.2, 0.25) is 5.91 Å². The molecule has 0 saturated heterocycles. The van der Waals surface area contributed by atoms with Crippen molar-refractivity contribution in [3.8, 4) is 0 Å². The van der Waals surface area contributed by atoms with E-state index in [4.69, 9.17) is 11.6 Å². The summed E-state index contributed by atoms with van der Waals surface area (Å²) in [5.74, 6) is -0.488. The third-order valence-electron chi connectivity index (χ3n) is 3.15. The van der Waals surface area contributed by atoms with Gasteiger partial charge in [-0.15, -0.1) is 11.3 Å². The van der Waals surface area contributed by atoms with Gasteiger partial charge in [0.15, 0.2) is 0 Å². The average molecular weight is 350 g/mol. The van der Waals surface area contributed by atoms with Crippen LogP contribution < -0.4 is 0 Å². The Bertz CT molecular complexity index is 722. The standard InChI is InChI=1S/C17H16ClNO3S/c1-19(11-14-8-9-15(18)23-14)16(20)10-5-12-3-6-13(7-4-12)17(21)22-2/h3-10H,11H2,1-2H3/b10-5+. The number of thiophene rings is 1. The van der Waals surface area contributed by atoms with Gasteiger partial charge in [-0.3, -0.25) is 4.79 Å². The van der Waals surface area contributed by atoms with Crippen LogP contribution in [0.4, 0.5) is 0 Å². The lowest BCUT2D eigenvalue weighted by molar-refractivity contribution is -0.125. The predicted molar refractivity (Wildman–Crippen MR) is 92.6 cm³/mol. The maximum absolute atomic E-state index is 12.1. The zero-order valence-corrected chi connectivity index (χ0v) is 14.4. The molecule has 0 aliphatic heterocycles. The van der Waals surface area contributed by atoms with Crippen molar-refractivity contribution in [1.29, 1.82) is 0 Å². The van der Waals surface area contributed by atoms with Crippen molar-refractivity contribution in [3.63, 3.8) is 0 Å². The second kappa shape index (κ2) is 7.94. The molecule has 4 nitrogen and oxygen atoms in total. The number of methoxy groups -OCH3 is 1. The van der Waals surface area contributed by atoms with E-state index in [2.05, 4.69) is 4.74 Å². The Balaban J connectivity index is 1.95. The number of hydrogen-bond acceptors (Lipinski definition) is 4. The SMILES string of the molecule is COC(=O)c1ccc(/C=C/C(=O)N(C)Cc2ccc(Cl)s2)cc1. The van der Waals surface area contributed by atoms with Gasteiger partial charge in [-0.05, 0) is 35.9 Å². The fourth-order valence-electron chi connectivity index (χ4n) is 1.89. The molecule has 120 valence electrons. The number of halogens is 1. The van der Waals surface area contributed by atoms with Gasteiger partial charge < -0.3 is 9.64 Å². The van der Waals surface area contributed by atoms with E-state index in [0.717, 1.165) is 10.4 Å². The summed E-state index contributed by atoms with van der Waals surface area (Å²) in [7, 11) is 3.08. The van der Waals surface area contributed by atoms with Crippen LogP contribution in [0.25, 0.3) is 6.08 Å². The van der Waals surface area contributed by atoms with Gasteiger partial charge in [0.1, 0.15) is 0 Å². The van der Waals surface area contributed by atoms with Crippen LogP contribution >= 0.6 is 22.9 Å². The minimum Gasteiger partial charge on any atom is -0.465 e. The number of amides is 1. The molecule has 0 radical (unpaired) electrons.